The van der Waals surface area contributed by atoms with Crippen LogP contribution in [0.25, 0.3) is 0 Å². The number of benzene rings is 2. The molecule has 2 aromatic rings. The van der Waals surface area contributed by atoms with Gasteiger partial charge < -0.3 is 5.11 Å². The molecule has 0 atom stereocenters. The predicted octanol–water partition coefficient (Wildman–Crippen LogP) is 3.68. The van der Waals surface area contributed by atoms with Crippen LogP contribution in [-0.4, -0.2) is 5.11 Å². The van der Waals surface area contributed by atoms with Crippen LogP contribution in [-0.2, 0) is 18.4 Å². The Morgan fingerprint density at radius 2 is 1.26 bits per heavy atom. The maximum absolute atomic E-state index is 11.4. The minimum Gasteiger partial charge on any atom is -0.380 e. The zero-order valence-corrected chi connectivity index (χ0v) is 11.6. The smallest absolute Gasteiger partial charge is 0.117 e. The maximum Gasteiger partial charge on any atom is 0.117 e. The zero-order chi connectivity index (χ0) is 13.5. The van der Waals surface area contributed by atoms with E-state index in [1.165, 1.54) is 11.1 Å². The Morgan fingerprint density at radius 1 is 0.842 bits per heavy atom. The summed E-state index contributed by atoms with van der Waals surface area (Å²) in [6.07, 6.45) is 2.00. The molecule has 19 heavy (non-hydrogen) atoms. The molecule has 3 rings (SSSR count). The lowest BCUT2D eigenvalue weighted by Crippen LogP contribution is -2.34. The van der Waals surface area contributed by atoms with Crippen molar-refractivity contribution in [3.8, 4) is 0 Å². The van der Waals surface area contributed by atoms with E-state index in [1.807, 2.05) is 12.1 Å². The first kappa shape index (κ1) is 12.4. The fourth-order valence-corrected chi connectivity index (χ4v) is 3.26. The van der Waals surface area contributed by atoms with Crippen LogP contribution < -0.4 is 0 Å². The molecule has 2 aromatic carbocycles. The Morgan fingerprint density at radius 3 is 1.68 bits per heavy atom. The summed E-state index contributed by atoms with van der Waals surface area (Å²) in [6.45, 7) is 4.19. The van der Waals surface area contributed by atoms with Crippen molar-refractivity contribution in [2.24, 2.45) is 5.92 Å². The summed E-state index contributed by atoms with van der Waals surface area (Å²) in [5.74, 6) is 0.146. The van der Waals surface area contributed by atoms with Crippen molar-refractivity contribution in [3.05, 3.63) is 70.8 Å². The number of hydrogen-bond donors (Lipinski definition) is 1. The maximum atomic E-state index is 11.4. The van der Waals surface area contributed by atoms with E-state index in [1.54, 1.807) is 0 Å². The molecule has 0 fully saturated rings. The van der Waals surface area contributed by atoms with Crippen LogP contribution in [0.2, 0.25) is 0 Å². The summed E-state index contributed by atoms with van der Waals surface area (Å²) in [7, 11) is 0. The van der Waals surface area contributed by atoms with Crippen LogP contribution in [0.15, 0.2) is 48.5 Å². The van der Waals surface area contributed by atoms with Gasteiger partial charge in [-0.3, -0.25) is 0 Å². The van der Waals surface area contributed by atoms with Gasteiger partial charge in [-0.2, -0.15) is 0 Å². The molecule has 0 amide bonds. The third-order valence-corrected chi connectivity index (χ3v) is 4.36. The number of aliphatic hydroxyl groups is 1. The molecule has 0 heterocycles. The lowest BCUT2D eigenvalue weighted by molar-refractivity contribution is 0.0312. The average molecular weight is 252 g/mol. The monoisotopic (exact) mass is 252 g/mol. The Kier molecular flexibility index (Phi) is 2.94. The molecule has 0 aliphatic heterocycles. The van der Waals surface area contributed by atoms with Crippen LogP contribution >= 0.6 is 0 Å². The highest BCUT2D eigenvalue weighted by molar-refractivity contribution is 5.47. The van der Waals surface area contributed by atoms with E-state index in [9.17, 15) is 5.11 Å². The van der Waals surface area contributed by atoms with Crippen molar-refractivity contribution in [2.45, 2.75) is 32.3 Å². The summed E-state index contributed by atoms with van der Waals surface area (Å²) in [5, 5.41) is 11.4. The molecule has 0 radical (unpaired) electrons. The first-order valence-corrected chi connectivity index (χ1v) is 7.03. The first-order valence-electron chi connectivity index (χ1n) is 7.03. The molecule has 1 N–H and O–H groups in total. The summed E-state index contributed by atoms with van der Waals surface area (Å²) >= 11 is 0. The largest absolute Gasteiger partial charge is 0.380 e. The van der Waals surface area contributed by atoms with Gasteiger partial charge in [-0.05, 0) is 41.0 Å². The minimum absolute atomic E-state index is 0.146. The topological polar surface area (TPSA) is 20.2 Å². The van der Waals surface area contributed by atoms with E-state index in [2.05, 4.69) is 50.2 Å². The number of aryl methyl sites for hydroxylation is 2. The number of fused-ring (bicyclic) bond motifs is 2. The second-order valence-electron chi connectivity index (χ2n) is 5.74. The standard InChI is InChI=1S/C18H20O/c1-13(2)18(19)16-9-5-3-7-14(16)11-12-15-8-4-6-10-17(15)18/h3-10,13,19H,11-12H2,1-2H3. The summed E-state index contributed by atoms with van der Waals surface area (Å²) in [6, 6.07) is 16.6. The van der Waals surface area contributed by atoms with Gasteiger partial charge in [0.05, 0.1) is 0 Å². The molecule has 1 aliphatic rings. The Balaban J connectivity index is 2.32. The van der Waals surface area contributed by atoms with E-state index in [0.29, 0.717) is 0 Å². The van der Waals surface area contributed by atoms with Gasteiger partial charge in [0.2, 0.25) is 0 Å². The molecule has 0 saturated heterocycles. The van der Waals surface area contributed by atoms with E-state index in [4.69, 9.17) is 0 Å². The molecule has 1 aliphatic carbocycles. The molecular weight excluding hydrogens is 232 g/mol. The molecule has 1 nitrogen and oxygen atoms in total. The Bertz CT molecular complexity index is 551. The minimum atomic E-state index is -0.871. The first-order chi connectivity index (χ1) is 9.14. The fourth-order valence-electron chi connectivity index (χ4n) is 3.26. The van der Waals surface area contributed by atoms with Gasteiger partial charge in [0.25, 0.3) is 0 Å². The van der Waals surface area contributed by atoms with Crippen molar-refractivity contribution < 1.29 is 5.11 Å². The summed E-state index contributed by atoms with van der Waals surface area (Å²) in [4.78, 5) is 0. The molecule has 0 bridgehead atoms. The van der Waals surface area contributed by atoms with Gasteiger partial charge in [0.1, 0.15) is 5.60 Å². The van der Waals surface area contributed by atoms with Crippen molar-refractivity contribution >= 4 is 0 Å². The normalized spacial score (nSPS) is 16.6. The second kappa shape index (κ2) is 4.50. The third kappa shape index (κ3) is 1.81. The highest BCUT2D eigenvalue weighted by atomic mass is 16.3. The van der Waals surface area contributed by atoms with Gasteiger partial charge >= 0.3 is 0 Å². The lowest BCUT2D eigenvalue weighted by Gasteiger charge is -2.34. The van der Waals surface area contributed by atoms with Gasteiger partial charge in [-0.15, -0.1) is 0 Å². The molecule has 0 aromatic heterocycles. The summed E-state index contributed by atoms with van der Waals surface area (Å²) < 4.78 is 0. The van der Waals surface area contributed by atoms with Crippen molar-refractivity contribution in [3.63, 3.8) is 0 Å². The second-order valence-corrected chi connectivity index (χ2v) is 5.74. The highest BCUT2D eigenvalue weighted by Crippen LogP contribution is 2.42. The van der Waals surface area contributed by atoms with Crippen molar-refractivity contribution in [2.75, 3.05) is 0 Å². The SMILES string of the molecule is CC(C)C1(O)c2ccccc2CCc2ccccc21. The van der Waals surface area contributed by atoms with E-state index < -0.39 is 5.60 Å². The lowest BCUT2D eigenvalue weighted by atomic mass is 9.76. The molecule has 98 valence electrons. The predicted molar refractivity (Wildman–Crippen MR) is 78.1 cm³/mol. The molecule has 0 spiro atoms. The van der Waals surface area contributed by atoms with E-state index in [-0.39, 0.29) is 5.92 Å². The number of rotatable bonds is 1. The summed E-state index contributed by atoms with van der Waals surface area (Å²) in [5.41, 5.74) is 3.83. The quantitative estimate of drug-likeness (QED) is 0.821. The van der Waals surface area contributed by atoms with Gasteiger partial charge in [-0.1, -0.05) is 62.4 Å². The van der Waals surface area contributed by atoms with Gasteiger partial charge in [-0.25, -0.2) is 0 Å². The van der Waals surface area contributed by atoms with Crippen LogP contribution in [0.1, 0.15) is 36.1 Å². The Hall–Kier alpha value is -1.60. The number of hydrogen-bond acceptors (Lipinski definition) is 1. The van der Waals surface area contributed by atoms with Crippen LogP contribution in [0.4, 0.5) is 0 Å². The van der Waals surface area contributed by atoms with Crippen molar-refractivity contribution in [1.29, 1.82) is 0 Å². The van der Waals surface area contributed by atoms with Gasteiger partial charge in [0, 0.05) is 0 Å². The van der Waals surface area contributed by atoms with Crippen LogP contribution in [0.5, 0.6) is 0 Å². The molecule has 1 heteroatoms. The van der Waals surface area contributed by atoms with E-state index in [0.717, 1.165) is 24.0 Å². The Labute approximate surface area is 114 Å². The van der Waals surface area contributed by atoms with E-state index >= 15 is 0 Å². The van der Waals surface area contributed by atoms with Crippen LogP contribution in [0, 0.1) is 5.92 Å². The van der Waals surface area contributed by atoms with Gasteiger partial charge in [0.15, 0.2) is 0 Å². The zero-order valence-electron chi connectivity index (χ0n) is 11.6. The molecule has 0 saturated carbocycles. The molecule has 0 unspecified atom stereocenters. The average Bonchev–Trinajstić information content (AvgIpc) is 2.56. The fraction of sp³-hybridized carbons (Fsp3) is 0.333. The third-order valence-electron chi connectivity index (χ3n) is 4.36. The van der Waals surface area contributed by atoms with Crippen molar-refractivity contribution in [1.82, 2.24) is 0 Å². The van der Waals surface area contributed by atoms with Crippen LogP contribution in [0.3, 0.4) is 0 Å². The highest BCUT2D eigenvalue weighted by Gasteiger charge is 2.39. The molecular formula is C18H20O.